The van der Waals surface area contributed by atoms with E-state index in [1.165, 1.54) is 5.56 Å². The summed E-state index contributed by atoms with van der Waals surface area (Å²) in [6.07, 6.45) is 1.47. The Morgan fingerprint density at radius 1 is 0.893 bits per heavy atom. The molecule has 1 aliphatic heterocycles. The lowest BCUT2D eigenvalue weighted by molar-refractivity contribution is -0.127. The van der Waals surface area contributed by atoms with Crippen LogP contribution in [0, 0.1) is 13.8 Å². The molecule has 0 saturated carbocycles. The van der Waals surface area contributed by atoms with E-state index in [1.807, 2.05) is 74.1 Å². The van der Waals surface area contributed by atoms with Gasteiger partial charge in [0.25, 0.3) is 0 Å². The Morgan fingerprint density at radius 2 is 1.43 bits per heavy atom. The molecular formula is C22H27N3O2S. The van der Waals surface area contributed by atoms with Gasteiger partial charge in [-0.15, -0.1) is 0 Å². The Balaban J connectivity index is 1.61. The zero-order valence-corrected chi connectivity index (χ0v) is 17.2. The van der Waals surface area contributed by atoms with Crippen molar-refractivity contribution in [2.45, 2.75) is 32.2 Å². The van der Waals surface area contributed by atoms with Crippen molar-refractivity contribution >= 4 is 35.0 Å². The van der Waals surface area contributed by atoms with Gasteiger partial charge in [0.1, 0.15) is 5.54 Å². The normalized spacial score (nSPS) is 15.5. The van der Waals surface area contributed by atoms with Crippen LogP contribution in [0.5, 0.6) is 0 Å². The molecule has 3 N–H and O–H groups in total. The van der Waals surface area contributed by atoms with Crippen LogP contribution < -0.4 is 16.0 Å². The minimum Gasteiger partial charge on any atom is -0.371 e. The number of benzene rings is 2. The van der Waals surface area contributed by atoms with Crippen LogP contribution in [0.15, 0.2) is 48.5 Å². The first-order valence-electron chi connectivity index (χ1n) is 9.54. The molecule has 2 aromatic rings. The van der Waals surface area contributed by atoms with Gasteiger partial charge in [-0.05, 0) is 62.5 Å². The molecule has 3 rings (SSSR count). The highest BCUT2D eigenvalue weighted by Crippen LogP contribution is 2.31. The average molecular weight is 398 g/mol. The summed E-state index contributed by atoms with van der Waals surface area (Å²) in [7, 11) is 0. The predicted octanol–water partition coefficient (Wildman–Crippen LogP) is 3.74. The van der Waals surface area contributed by atoms with Crippen LogP contribution in [0.4, 0.5) is 11.4 Å². The average Bonchev–Trinajstić information content (AvgIpc) is 2.70. The van der Waals surface area contributed by atoms with Crippen LogP contribution in [-0.4, -0.2) is 35.4 Å². The number of carbonyl (C=O) groups is 2. The topological polar surface area (TPSA) is 70.2 Å². The summed E-state index contributed by atoms with van der Waals surface area (Å²) in [4.78, 5) is 25.3. The van der Waals surface area contributed by atoms with Crippen molar-refractivity contribution < 1.29 is 9.59 Å². The summed E-state index contributed by atoms with van der Waals surface area (Å²) in [5.74, 6) is 1.49. The first-order valence-corrected chi connectivity index (χ1v) is 10.7. The minimum absolute atomic E-state index is 0.0445. The van der Waals surface area contributed by atoms with Crippen LogP contribution in [0.1, 0.15) is 24.0 Å². The fourth-order valence-electron chi connectivity index (χ4n) is 3.21. The van der Waals surface area contributed by atoms with E-state index in [2.05, 4.69) is 16.0 Å². The van der Waals surface area contributed by atoms with Gasteiger partial charge in [0.05, 0.1) is 6.54 Å². The van der Waals surface area contributed by atoms with E-state index >= 15 is 0 Å². The van der Waals surface area contributed by atoms with Crippen molar-refractivity contribution in [1.29, 1.82) is 0 Å². The largest absolute Gasteiger partial charge is 0.371 e. The number of nitrogens with one attached hydrogen (secondary N) is 3. The fraction of sp³-hybridized carbons (Fsp3) is 0.364. The van der Waals surface area contributed by atoms with E-state index in [9.17, 15) is 9.59 Å². The van der Waals surface area contributed by atoms with Gasteiger partial charge in [0.15, 0.2) is 0 Å². The summed E-state index contributed by atoms with van der Waals surface area (Å²) < 4.78 is 0. The molecule has 0 aromatic heterocycles. The van der Waals surface area contributed by atoms with E-state index in [0.717, 1.165) is 41.3 Å². The van der Waals surface area contributed by atoms with Gasteiger partial charge in [0.2, 0.25) is 11.8 Å². The Morgan fingerprint density at radius 3 is 2.00 bits per heavy atom. The maximum atomic E-state index is 13.0. The first-order chi connectivity index (χ1) is 13.5. The van der Waals surface area contributed by atoms with Crippen molar-refractivity contribution in [3.63, 3.8) is 0 Å². The quantitative estimate of drug-likeness (QED) is 0.695. The van der Waals surface area contributed by atoms with Gasteiger partial charge >= 0.3 is 0 Å². The molecule has 0 aliphatic carbocycles. The van der Waals surface area contributed by atoms with Crippen molar-refractivity contribution in [2.75, 3.05) is 28.7 Å². The molecule has 0 unspecified atom stereocenters. The van der Waals surface area contributed by atoms with E-state index < -0.39 is 5.54 Å². The number of aryl methyl sites for hydroxylation is 2. The van der Waals surface area contributed by atoms with E-state index in [4.69, 9.17) is 0 Å². The van der Waals surface area contributed by atoms with Gasteiger partial charge < -0.3 is 16.0 Å². The summed E-state index contributed by atoms with van der Waals surface area (Å²) in [6, 6.07) is 15.6. The van der Waals surface area contributed by atoms with E-state index in [0.29, 0.717) is 0 Å². The smallest absolute Gasteiger partial charge is 0.246 e. The monoisotopic (exact) mass is 397 g/mol. The van der Waals surface area contributed by atoms with Gasteiger partial charge in [0, 0.05) is 11.4 Å². The summed E-state index contributed by atoms with van der Waals surface area (Å²) in [5.41, 5.74) is 3.29. The molecule has 1 fully saturated rings. The van der Waals surface area contributed by atoms with Crippen molar-refractivity contribution in [2.24, 2.45) is 0 Å². The maximum absolute atomic E-state index is 13.0. The number of carbonyl (C=O) groups excluding carboxylic acids is 2. The zero-order valence-electron chi connectivity index (χ0n) is 16.4. The second-order valence-corrected chi connectivity index (χ2v) is 8.51. The molecule has 2 amide bonds. The highest BCUT2D eigenvalue weighted by atomic mass is 32.2. The second kappa shape index (κ2) is 9.15. The molecule has 2 aromatic carbocycles. The standard InChI is InChI=1S/C22H27N3O2S/c1-16-3-7-18(8-4-16)24-20(26)15-23-21(27)22(11-13-28-14-12-22)25-19-9-5-17(2)6-10-19/h3-10,25H,11-15H2,1-2H3,(H,23,27)(H,24,26). The molecule has 5 nitrogen and oxygen atoms in total. The molecule has 0 radical (unpaired) electrons. The molecule has 1 saturated heterocycles. The fourth-order valence-corrected chi connectivity index (χ4v) is 4.40. The number of rotatable bonds is 6. The third-order valence-electron chi connectivity index (χ3n) is 4.96. The molecule has 148 valence electrons. The van der Waals surface area contributed by atoms with Crippen molar-refractivity contribution in [3.05, 3.63) is 59.7 Å². The van der Waals surface area contributed by atoms with Gasteiger partial charge in [-0.2, -0.15) is 11.8 Å². The number of hydrogen-bond donors (Lipinski definition) is 3. The molecular weight excluding hydrogens is 370 g/mol. The minimum atomic E-state index is -0.676. The molecule has 1 aliphatic rings. The zero-order chi connectivity index (χ0) is 20.0. The van der Waals surface area contributed by atoms with E-state index in [1.54, 1.807) is 0 Å². The van der Waals surface area contributed by atoms with Gasteiger partial charge in [-0.25, -0.2) is 0 Å². The lowest BCUT2D eigenvalue weighted by Gasteiger charge is -2.37. The predicted molar refractivity (Wildman–Crippen MR) is 117 cm³/mol. The number of hydrogen-bond acceptors (Lipinski definition) is 4. The van der Waals surface area contributed by atoms with Gasteiger partial charge in [-0.1, -0.05) is 35.4 Å². The lowest BCUT2D eigenvalue weighted by atomic mass is 9.90. The number of amides is 2. The Labute approximate surface area is 170 Å². The van der Waals surface area contributed by atoms with Crippen molar-refractivity contribution in [1.82, 2.24) is 5.32 Å². The van der Waals surface area contributed by atoms with Gasteiger partial charge in [-0.3, -0.25) is 9.59 Å². The molecule has 1 heterocycles. The molecule has 0 atom stereocenters. The molecule has 28 heavy (non-hydrogen) atoms. The SMILES string of the molecule is Cc1ccc(NC(=O)CNC(=O)C2(Nc3ccc(C)cc3)CCSCC2)cc1. The third-order valence-corrected chi connectivity index (χ3v) is 5.95. The van der Waals surface area contributed by atoms with Crippen LogP contribution in [0.3, 0.4) is 0 Å². The Bertz CT molecular complexity index is 813. The third kappa shape index (κ3) is 5.29. The molecule has 6 heteroatoms. The summed E-state index contributed by atoms with van der Waals surface area (Å²) >= 11 is 1.86. The summed E-state index contributed by atoms with van der Waals surface area (Å²) in [6.45, 7) is 3.99. The lowest BCUT2D eigenvalue weighted by Crippen LogP contribution is -2.55. The Kier molecular flexibility index (Phi) is 6.62. The molecule has 0 spiro atoms. The maximum Gasteiger partial charge on any atom is 0.246 e. The van der Waals surface area contributed by atoms with Crippen molar-refractivity contribution in [3.8, 4) is 0 Å². The van der Waals surface area contributed by atoms with E-state index in [-0.39, 0.29) is 18.4 Å². The van der Waals surface area contributed by atoms with Crippen LogP contribution >= 0.6 is 11.8 Å². The van der Waals surface area contributed by atoms with Crippen LogP contribution in [-0.2, 0) is 9.59 Å². The highest BCUT2D eigenvalue weighted by Gasteiger charge is 2.39. The summed E-state index contributed by atoms with van der Waals surface area (Å²) in [5, 5.41) is 9.10. The second-order valence-electron chi connectivity index (χ2n) is 7.28. The first kappa shape index (κ1) is 20.3. The number of thioether (sulfide) groups is 1. The number of anilines is 2. The molecule has 0 bridgehead atoms. The van der Waals surface area contributed by atoms with Crippen LogP contribution in [0.2, 0.25) is 0 Å². The Hall–Kier alpha value is -2.47. The van der Waals surface area contributed by atoms with Crippen LogP contribution in [0.25, 0.3) is 0 Å². The highest BCUT2D eigenvalue weighted by molar-refractivity contribution is 7.99.